The molecule has 0 heterocycles. The molecule has 0 aliphatic heterocycles. The Morgan fingerprint density at radius 3 is 2.63 bits per heavy atom. The summed E-state index contributed by atoms with van der Waals surface area (Å²) in [5.41, 5.74) is 0.476. The van der Waals surface area contributed by atoms with Crippen LogP contribution in [0.5, 0.6) is 0 Å². The van der Waals surface area contributed by atoms with Gasteiger partial charge in [-0.1, -0.05) is 36.2 Å². The molecule has 19 heavy (non-hydrogen) atoms. The summed E-state index contributed by atoms with van der Waals surface area (Å²) in [6.45, 7) is 3.71. The highest BCUT2D eigenvalue weighted by atomic mass is 127. The quantitative estimate of drug-likeness (QED) is 0.692. The average molecular weight is 440 g/mol. The topological polar surface area (TPSA) is 66.4 Å². The van der Waals surface area contributed by atoms with Gasteiger partial charge in [0.15, 0.2) is 0 Å². The van der Waals surface area contributed by atoms with Crippen molar-refractivity contribution in [3.8, 4) is 0 Å². The number of aliphatic carboxylic acids is 1. The van der Waals surface area contributed by atoms with Crippen LogP contribution in [0.15, 0.2) is 22.7 Å². The Hall–Kier alpha value is -0.630. The molecule has 4 nitrogen and oxygen atoms in total. The van der Waals surface area contributed by atoms with Crippen LogP contribution in [0.1, 0.15) is 30.6 Å². The van der Waals surface area contributed by atoms with Crippen LogP contribution in [0, 0.1) is 9.49 Å². The molecule has 104 valence electrons. The molecule has 0 radical (unpaired) electrons. The third kappa shape index (κ3) is 4.45. The molecular formula is C13H15BrINO3. The molecule has 1 aromatic rings. The van der Waals surface area contributed by atoms with Gasteiger partial charge in [-0.2, -0.15) is 0 Å². The number of carboxylic acids is 1. The summed E-state index contributed by atoms with van der Waals surface area (Å²) in [6.07, 6.45) is 0.687. The number of carbonyl (C=O) groups excluding carboxylic acids is 1. The van der Waals surface area contributed by atoms with E-state index in [1.54, 1.807) is 12.1 Å². The molecule has 2 N–H and O–H groups in total. The molecule has 2 unspecified atom stereocenters. The van der Waals surface area contributed by atoms with Gasteiger partial charge < -0.3 is 10.4 Å². The maximum absolute atomic E-state index is 12.2. The van der Waals surface area contributed by atoms with Crippen LogP contribution in [-0.4, -0.2) is 23.0 Å². The van der Waals surface area contributed by atoms with Gasteiger partial charge in [-0.3, -0.25) is 4.79 Å². The summed E-state index contributed by atoms with van der Waals surface area (Å²) >= 11 is 5.36. The highest BCUT2D eigenvalue weighted by Crippen LogP contribution is 2.19. The maximum atomic E-state index is 12.2. The van der Waals surface area contributed by atoms with Gasteiger partial charge >= 0.3 is 5.97 Å². The van der Waals surface area contributed by atoms with Gasteiger partial charge in [0.25, 0.3) is 5.91 Å². The fraction of sp³-hybridized carbons (Fsp3) is 0.385. The van der Waals surface area contributed by atoms with Crippen molar-refractivity contribution in [1.82, 2.24) is 5.32 Å². The van der Waals surface area contributed by atoms with E-state index in [1.807, 2.05) is 19.9 Å². The minimum Gasteiger partial charge on any atom is -0.480 e. The van der Waals surface area contributed by atoms with Gasteiger partial charge in [0.05, 0.1) is 5.56 Å². The molecule has 0 saturated heterocycles. The normalized spacial score (nSPS) is 13.7. The predicted octanol–water partition coefficient (Wildman–Crippen LogP) is 3.28. The number of amides is 1. The fourth-order valence-electron chi connectivity index (χ4n) is 1.57. The van der Waals surface area contributed by atoms with Crippen molar-refractivity contribution in [1.29, 1.82) is 0 Å². The SMILES string of the molecule is CCC(C)C(NC(=O)c1cc(Br)ccc1I)C(=O)O. The summed E-state index contributed by atoms with van der Waals surface area (Å²) in [5.74, 6) is -1.49. The molecule has 0 aromatic heterocycles. The van der Waals surface area contributed by atoms with E-state index in [4.69, 9.17) is 5.11 Å². The van der Waals surface area contributed by atoms with Crippen molar-refractivity contribution in [3.05, 3.63) is 31.8 Å². The number of carboxylic acid groups (broad SMARTS) is 1. The zero-order valence-electron chi connectivity index (χ0n) is 10.6. The van der Waals surface area contributed by atoms with Crippen LogP contribution in [-0.2, 0) is 4.79 Å². The number of halogens is 2. The van der Waals surface area contributed by atoms with Gasteiger partial charge in [-0.25, -0.2) is 4.79 Å². The Labute approximate surface area is 134 Å². The van der Waals surface area contributed by atoms with Crippen LogP contribution < -0.4 is 5.32 Å². The zero-order chi connectivity index (χ0) is 14.6. The van der Waals surface area contributed by atoms with Gasteiger partial charge in [0.1, 0.15) is 6.04 Å². The number of hydrogen-bond donors (Lipinski definition) is 2. The van der Waals surface area contributed by atoms with E-state index in [9.17, 15) is 9.59 Å². The standard InChI is InChI=1S/C13H15BrINO3/c1-3-7(2)11(13(18)19)16-12(17)9-6-8(14)4-5-10(9)15/h4-7,11H,3H2,1-2H3,(H,16,17)(H,18,19). The smallest absolute Gasteiger partial charge is 0.326 e. The summed E-state index contributed by atoms with van der Waals surface area (Å²) in [5, 5.41) is 11.8. The third-order valence-corrected chi connectivity index (χ3v) is 4.37. The first-order valence-corrected chi connectivity index (χ1v) is 7.72. The summed E-state index contributed by atoms with van der Waals surface area (Å²) in [6, 6.07) is 4.46. The second-order valence-electron chi connectivity index (χ2n) is 4.30. The second kappa shape index (κ2) is 7.23. The number of benzene rings is 1. The Bertz CT molecular complexity index is 493. The summed E-state index contributed by atoms with van der Waals surface area (Å²) in [7, 11) is 0. The van der Waals surface area contributed by atoms with Crippen LogP contribution in [0.4, 0.5) is 0 Å². The largest absolute Gasteiger partial charge is 0.480 e. The molecule has 1 amide bonds. The number of nitrogens with one attached hydrogen (secondary N) is 1. The second-order valence-corrected chi connectivity index (χ2v) is 6.38. The van der Waals surface area contributed by atoms with Crippen molar-refractivity contribution >= 4 is 50.4 Å². The first-order valence-electron chi connectivity index (χ1n) is 5.85. The predicted molar refractivity (Wildman–Crippen MR) is 85.2 cm³/mol. The molecule has 0 fully saturated rings. The molecule has 0 spiro atoms. The molecule has 6 heteroatoms. The van der Waals surface area contributed by atoms with Crippen LogP contribution in [0.3, 0.4) is 0 Å². The first kappa shape index (κ1) is 16.4. The van der Waals surface area contributed by atoms with E-state index in [-0.39, 0.29) is 11.8 Å². The van der Waals surface area contributed by atoms with Crippen molar-refractivity contribution < 1.29 is 14.7 Å². The lowest BCUT2D eigenvalue weighted by atomic mass is 9.99. The highest BCUT2D eigenvalue weighted by Gasteiger charge is 2.26. The molecule has 0 saturated carbocycles. The molecule has 0 bridgehead atoms. The Kier molecular flexibility index (Phi) is 6.25. The van der Waals surface area contributed by atoms with E-state index in [0.29, 0.717) is 12.0 Å². The van der Waals surface area contributed by atoms with Gasteiger partial charge in [-0.05, 0) is 46.7 Å². The molecular weight excluding hydrogens is 425 g/mol. The van der Waals surface area contributed by atoms with E-state index in [2.05, 4.69) is 43.8 Å². The lowest BCUT2D eigenvalue weighted by Crippen LogP contribution is -2.45. The van der Waals surface area contributed by atoms with Crippen LogP contribution >= 0.6 is 38.5 Å². The molecule has 0 aliphatic carbocycles. The van der Waals surface area contributed by atoms with Crippen molar-refractivity contribution in [2.75, 3.05) is 0 Å². The summed E-state index contributed by atoms with van der Waals surface area (Å²) in [4.78, 5) is 23.3. The van der Waals surface area contributed by atoms with E-state index in [1.165, 1.54) is 0 Å². The minimum atomic E-state index is -1.01. The molecule has 2 atom stereocenters. The van der Waals surface area contributed by atoms with Gasteiger partial charge in [0, 0.05) is 8.04 Å². The Balaban J connectivity index is 2.94. The number of hydrogen-bond acceptors (Lipinski definition) is 2. The lowest BCUT2D eigenvalue weighted by Gasteiger charge is -2.20. The van der Waals surface area contributed by atoms with E-state index >= 15 is 0 Å². The van der Waals surface area contributed by atoms with Gasteiger partial charge in [0.2, 0.25) is 0 Å². The fourth-order valence-corrected chi connectivity index (χ4v) is 2.52. The highest BCUT2D eigenvalue weighted by molar-refractivity contribution is 14.1. The average Bonchev–Trinajstić information content (AvgIpc) is 2.37. The van der Waals surface area contributed by atoms with Crippen molar-refractivity contribution in [2.24, 2.45) is 5.92 Å². The molecule has 0 aliphatic rings. The Morgan fingerprint density at radius 2 is 2.11 bits per heavy atom. The number of rotatable bonds is 5. The number of carbonyl (C=O) groups is 2. The third-order valence-electron chi connectivity index (χ3n) is 2.94. The van der Waals surface area contributed by atoms with Crippen LogP contribution in [0.25, 0.3) is 0 Å². The maximum Gasteiger partial charge on any atom is 0.326 e. The summed E-state index contributed by atoms with van der Waals surface area (Å²) < 4.78 is 1.57. The van der Waals surface area contributed by atoms with Crippen molar-refractivity contribution in [2.45, 2.75) is 26.3 Å². The zero-order valence-corrected chi connectivity index (χ0v) is 14.4. The van der Waals surface area contributed by atoms with E-state index < -0.39 is 12.0 Å². The Morgan fingerprint density at radius 1 is 1.47 bits per heavy atom. The molecule has 1 aromatic carbocycles. The minimum absolute atomic E-state index is 0.119. The molecule has 1 rings (SSSR count). The van der Waals surface area contributed by atoms with Crippen LogP contribution in [0.2, 0.25) is 0 Å². The lowest BCUT2D eigenvalue weighted by molar-refractivity contribution is -0.140. The first-order chi connectivity index (χ1) is 8.86. The monoisotopic (exact) mass is 439 g/mol. The van der Waals surface area contributed by atoms with Crippen molar-refractivity contribution in [3.63, 3.8) is 0 Å². The van der Waals surface area contributed by atoms with Gasteiger partial charge in [-0.15, -0.1) is 0 Å². The van der Waals surface area contributed by atoms with E-state index in [0.717, 1.165) is 8.04 Å².